The second kappa shape index (κ2) is 9.15. The zero-order chi connectivity index (χ0) is 23.5. The first-order valence-corrected chi connectivity index (χ1v) is 11.3. The van der Waals surface area contributed by atoms with Crippen molar-refractivity contribution in [1.82, 2.24) is 19.8 Å². The largest absolute Gasteiger partial charge is 0.491 e. The van der Waals surface area contributed by atoms with Crippen molar-refractivity contribution >= 4 is 5.91 Å². The highest BCUT2D eigenvalue weighted by molar-refractivity contribution is 5.93. The lowest BCUT2D eigenvalue weighted by Gasteiger charge is -2.25. The van der Waals surface area contributed by atoms with E-state index in [0.717, 1.165) is 16.7 Å². The van der Waals surface area contributed by atoms with Crippen LogP contribution in [0.3, 0.4) is 0 Å². The highest BCUT2D eigenvalue weighted by Crippen LogP contribution is 2.32. The van der Waals surface area contributed by atoms with Gasteiger partial charge in [-0.15, -0.1) is 0 Å². The summed E-state index contributed by atoms with van der Waals surface area (Å²) in [6.07, 6.45) is 4.09. The Hall–Kier alpha value is -3.91. The van der Waals surface area contributed by atoms with E-state index in [-0.39, 0.29) is 11.6 Å². The lowest BCUT2D eigenvalue weighted by Crippen LogP contribution is -2.32. The summed E-state index contributed by atoms with van der Waals surface area (Å²) in [4.78, 5) is 14.9. The molecule has 1 aliphatic heterocycles. The van der Waals surface area contributed by atoms with E-state index >= 15 is 0 Å². The third-order valence-electron chi connectivity index (χ3n) is 6.12. The van der Waals surface area contributed by atoms with Gasteiger partial charge in [-0.05, 0) is 37.1 Å². The maximum atomic E-state index is 13.2. The summed E-state index contributed by atoms with van der Waals surface area (Å²) in [5.41, 5.74) is 1.67. The predicted molar refractivity (Wildman–Crippen MR) is 125 cm³/mol. The molecule has 2 aromatic heterocycles. The van der Waals surface area contributed by atoms with Crippen molar-refractivity contribution < 1.29 is 19.2 Å². The maximum Gasteiger partial charge on any atom is 0.276 e. The van der Waals surface area contributed by atoms with Gasteiger partial charge in [0.05, 0.1) is 12.1 Å². The molecule has 0 radical (unpaired) electrons. The van der Waals surface area contributed by atoms with Crippen molar-refractivity contribution in [3.63, 3.8) is 0 Å². The predicted octanol–water partition coefficient (Wildman–Crippen LogP) is 3.87. The third kappa shape index (κ3) is 4.58. The number of ether oxygens (including phenoxy) is 1. The van der Waals surface area contributed by atoms with Gasteiger partial charge >= 0.3 is 0 Å². The van der Waals surface area contributed by atoms with Gasteiger partial charge in [-0.3, -0.25) is 9.48 Å². The number of fused-ring (bicyclic) bond motifs is 1. The second-order valence-corrected chi connectivity index (χ2v) is 8.63. The second-order valence-electron chi connectivity index (χ2n) is 8.63. The molecule has 1 aliphatic rings. The maximum absolute atomic E-state index is 13.2. The van der Waals surface area contributed by atoms with E-state index in [0.29, 0.717) is 44.2 Å². The zero-order valence-corrected chi connectivity index (χ0v) is 18.9. The van der Waals surface area contributed by atoms with Crippen LogP contribution in [0.2, 0.25) is 0 Å². The lowest BCUT2D eigenvalue weighted by molar-refractivity contribution is 0.0419. The molecule has 0 saturated carbocycles. The van der Waals surface area contributed by atoms with E-state index in [1.165, 1.54) is 0 Å². The molecule has 174 valence electrons. The van der Waals surface area contributed by atoms with E-state index in [2.05, 4.69) is 10.3 Å². The van der Waals surface area contributed by atoms with Gasteiger partial charge in [-0.2, -0.15) is 5.10 Å². The number of hydrogen-bond donors (Lipinski definition) is 1. The molecule has 1 atom stereocenters. The molecule has 0 saturated heterocycles. The summed E-state index contributed by atoms with van der Waals surface area (Å²) in [6, 6.07) is 18.7. The topological polar surface area (TPSA) is 93.6 Å². The summed E-state index contributed by atoms with van der Waals surface area (Å²) in [5, 5.41) is 19.3. The first-order chi connectivity index (χ1) is 16.5. The molecule has 5 rings (SSSR count). The lowest BCUT2D eigenvalue weighted by atomic mass is 9.91. The van der Waals surface area contributed by atoms with E-state index < -0.39 is 5.60 Å². The van der Waals surface area contributed by atoms with E-state index in [1.54, 1.807) is 28.8 Å². The molecule has 0 bridgehead atoms. The molecule has 2 aromatic carbocycles. The summed E-state index contributed by atoms with van der Waals surface area (Å²) >= 11 is 0. The molecular formula is C26H26N4O4. The molecule has 0 fully saturated rings. The minimum absolute atomic E-state index is 0.224. The Morgan fingerprint density at radius 2 is 2.00 bits per heavy atom. The average molecular weight is 459 g/mol. The fourth-order valence-electron chi connectivity index (χ4n) is 4.09. The van der Waals surface area contributed by atoms with Crippen molar-refractivity contribution in [2.45, 2.75) is 32.0 Å². The molecule has 34 heavy (non-hydrogen) atoms. The van der Waals surface area contributed by atoms with Crippen LogP contribution in [0.1, 0.15) is 35.0 Å². The number of nitrogens with zero attached hydrogens (tertiary/aromatic N) is 4. The third-order valence-corrected chi connectivity index (χ3v) is 6.12. The van der Waals surface area contributed by atoms with Gasteiger partial charge in [0, 0.05) is 42.7 Å². The van der Waals surface area contributed by atoms with Crippen LogP contribution in [-0.4, -0.2) is 44.0 Å². The van der Waals surface area contributed by atoms with Gasteiger partial charge in [0.15, 0.2) is 11.5 Å². The number of aliphatic hydroxyl groups is 1. The number of rotatable bonds is 6. The van der Waals surface area contributed by atoms with Gasteiger partial charge in [-0.25, -0.2) is 0 Å². The number of hydrogen-bond acceptors (Lipinski definition) is 6. The van der Waals surface area contributed by atoms with Gasteiger partial charge < -0.3 is 19.3 Å². The molecule has 1 amide bonds. The Bertz CT molecular complexity index is 1270. The van der Waals surface area contributed by atoms with Crippen LogP contribution in [0.5, 0.6) is 5.75 Å². The number of aromatic nitrogens is 3. The number of carbonyl (C=O) groups is 1. The standard InChI is InChI=1S/C26H26N4O4/c1-26(32,10-13-30-12-5-11-27-30)21-8-9-23-20(16-21)18-29(14-15-33-23)25(31)22-17-24(34-28-22)19-6-3-2-4-7-19/h2-9,11-12,16-17,32H,10,13-15,18H2,1H3. The molecule has 8 nitrogen and oxygen atoms in total. The van der Waals surface area contributed by atoms with Crippen molar-refractivity contribution in [3.8, 4) is 17.1 Å². The Kier molecular flexibility index (Phi) is 5.90. The SMILES string of the molecule is CC(O)(CCn1cccn1)c1ccc2c(c1)CN(C(=O)c1cc(-c3ccccc3)on1)CCO2. The highest BCUT2D eigenvalue weighted by atomic mass is 16.5. The molecule has 1 unspecified atom stereocenters. The number of carbonyl (C=O) groups excluding carboxylic acids is 1. The minimum atomic E-state index is -1.06. The van der Waals surface area contributed by atoms with E-state index in [1.807, 2.05) is 60.8 Å². The van der Waals surface area contributed by atoms with Crippen LogP contribution >= 0.6 is 0 Å². The van der Waals surface area contributed by atoms with E-state index in [4.69, 9.17) is 9.26 Å². The zero-order valence-electron chi connectivity index (χ0n) is 18.9. The number of benzene rings is 2. The number of amides is 1. The molecular weight excluding hydrogens is 432 g/mol. The van der Waals surface area contributed by atoms with Crippen LogP contribution in [0.25, 0.3) is 11.3 Å². The summed E-state index contributed by atoms with van der Waals surface area (Å²) in [7, 11) is 0. The van der Waals surface area contributed by atoms with Crippen LogP contribution in [0.15, 0.2) is 77.6 Å². The monoisotopic (exact) mass is 458 g/mol. The van der Waals surface area contributed by atoms with Crippen LogP contribution in [0.4, 0.5) is 0 Å². The molecule has 0 aliphatic carbocycles. The van der Waals surface area contributed by atoms with Crippen molar-refractivity contribution in [3.05, 3.63) is 89.9 Å². The van der Waals surface area contributed by atoms with Crippen molar-refractivity contribution in [1.29, 1.82) is 0 Å². The van der Waals surface area contributed by atoms with Gasteiger partial charge in [0.25, 0.3) is 5.91 Å². The average Bonchev–Trinajstić information content (AvgIpc) is 3.51. The highest BCUT2D eigenvalue weighted by Gasteiger charge is 2.28. The molecule has 1 N–H and O–H groups in total. The van der Waals surface area contributed by atoms with Crippen molar-refractivity contribution in [2.24, 2.45) is 0 Å². The first kappa shape index (κ1) is 21.9. The molecule has 3 heterocycles. The van der Waals surface area contributed by atoms with Crippen LogP contribution in [-0.2, 0) is 18.7 Å². The van der Waals surface area contributed by atoms with Gasteiger partial charge in [0.2, 0.25) is 0 Å². The Morgan fingerprint density at radius 3 is 2.79 bits per heavy atom. The minimum Gasteiger partial charge on any atom is -0.491 e. The quantitative estimate of drug-likeness (QED) is 0.471. The Balaban J connectivity index is 1.34. The van der Waals surface area contributed by atoms with Crippen molar-refractivity contribution in [2.75, 3.05) is 13.2 Å². The summed E-state index contributed by atoms with van der Waals surface area (Å²) in [5.74, 6) is 1.04. The summed E-state index contributed by atoms with van der Waals surface area (Å²) < 4.78 is 13.1. The van der Waals surface area contributed by atoms with Gasteiger partial charge in [0.1, 0.15) is 12.4 Å². The normalized spacial score (nSPS) is 15.2. The molecule has 4 aromatic rings. The van der Waals surface area contributed by atoms with E-state index in [9.17, 15) is 9.90 Å². The smallest absolute Gasteiger partial charge is 0.276 e. The van der Waals surface area contributed by atoms with Crippen LogP contribution < -0.4 is 4.74 Å². The summed E-state index contributed by atoms with van der Waals surface area (Å²) in [6.45, 7) is 3.53. The Labute approximate surface area is 197 Å². The fraction of sp³-hybridized carbons (Fsp3) is 0.269. The van der Waals surface area contributed by atoms with Gasteiger partial charge in [-0.1, -0.05) is 41.6 Å². The number of aryl methyl sites for hydroxylation is 1. The Morgan fingerprint density at radius 1 is 1.15 bits per heavy atom. The van der Waals surface area contributed by atoms with Crippen LogP contribution in [0, 0.1) is 0 Å². The molecule has 8 heteroatoms. The first-order valence-electron chi connectivity index (χ1n) is 11.3. The molecule has 0 spiro atoms. The fourth-order valence-corrected chi connectivity index (χ4v) is 4.09.